The van der Waals surface area contributed by atoms with Crippen LogP contribution in [-0.4, -0.2) is 48.1 Å². The molecule has 0 saturated heterocycles. The monoisotopic (exact) mass is 296 g/mol. The highest BCUT2D eigenvalue weighted by atomic mass is 32.2. The van der Waals surface area contributed by atoms with Crippen molar-refractivity contribution in [2.45, 2.75) is 13.8 Å². The minimum Gasteiger partial charge on any atom is -0.355 e. The van der Waals surface area contributed by atoms with Gasteiger partial charge in [0.1, 0.15) is 0 Å². The van der Waals surface area contributed by atoms with Crippen LogP contribution >= 0.6 is 0 Å². The van der Waals surface area contributed by atoms with Crippen molar-refractivity contribution in [2.75, 3.05) is 30.7 Å². The number of aromatic nitrogens is 2. The standard InChI is InChI=1S/C13H20N4O2S/c1-3-17(4-2)20(18,19)10-9-14-13-15-11-7-5-6-8-12(11)16-13/h5-8H,3-4,9-10H2,1-2H3,(H2,14,15,16). The molecule has 0 aliphatic rings. The first-order valence-electron chi connectivity index (χ1n) is 6.73. The molecule has 0 saturated carbocycles. The van der Waals surface area contributed by atoms with Crippen molar-refractivity contribution in [3.05, 3.63) is 24.3 Å². The molecule has 0 spiro atoms. The summed E-state index contributed by atoms with van der Waals surface area (Å²) in [4.78, 5) is 7.45. The average Bonchev–Trinajstić information content (AvgIpc) is 2.82. The summed E-state index contributed by atoms with van der Waals surface area (Å²) in [5, 5.41) is 3.02. The Morgan fingerprint density at radius 1 is 1.25 bits per heavy atom. The maximum Gasteiger partial charge on any atom is 0.215 e. The second kappa shape index (κ2) is 6.23. The molecular weight excluding hydrogens is 276 g/mol. The molecule has 2 rings (SSSR count). The van der Waals surface area contributed by atoms with Crippen LogP contribution in [0.3, 0.4) is 0 Å². The predicted octanol–water partition coefficient (Wildman–Crippen LogP) is 1.65. The van der Waals surface area contributed by atoms with E-state index in [0.29, 0.717) is 25.6 Å². The van der Waals surface area contributed by atoms with Gasteiger partial charge in [-0.15, -0.1) is 0 Å². The third kappa shape index (κ3) is 3.29. The largest absolute Gasteiger partial charge is 0.355 e. The smallest absolute Gasteiger partial charge is 0.215 e. The molecule has 0 fully saturated rings. The summed E-state index contributed by atoms with van der Waals surface area (Å²) < 4.78 is 25.5. The zero-order valence-corrected chi connectivity index (χ0v) is 12.6. The number of hydrogen-bond donors (Lipinski definition) is 2. The van der Waals surface area contributed by atoms with Crippen molar-refractivity contribution in [3.8, 4) is 0 Å². The molecular formula is C13H20N4O2S. The normalized spacial score (nSPS) is 12.2. The van der Waals surface area contributed by atoms with Crippen LogP contribution in [0.5, 0.6) is 0 Å². The number of para-hydroxylation sites is 2. The van der Waals surface area contributed by atoms with E-state index >= 15 is 0 Å². The molecule has 0 atom stereocenters. The number of H-pyrrole nitrogens is 1. The van der Waals surface area contributed by atoms with Crippen molar-refractivity contribution < 1.29 is 8.42 Å². The number of sulfonamides is 1. The molecule has 6 nitrogen and oxygen atoms in total. The van der Waals surface area contributed by atoms with Crippen LogP contribution in [0.15, 0.2) is 24.3 Å². The fourth-order valence-corrected chi connectivity index (χ4v) is 3.49. The number of nitrogens with zero attached hydrogens (tertiary/aromatic N) is 2. The second-order valence-electron chi connectivity index (χ2n) is 4.43. The second-order valence-corrected chi connectivity index (χ2v) is 6.52. The lowest BCUT2D eigenvalue weighted by Gasteiger charge is -2.18. The Bertz CT molecular complexity index is 629. The van der Waals surface area contributed by atoms with Gasteiger partial charge in [0.2, 0.25) is 16.0 Å². The zero-order valence-electron chi connectivity index (χ0n) is 11.8. The Balaban J connectivity index is 1.95. The Hall–Kier alpha value is -1.60. The number of benzene rings is 1. The predicted molar refractivity (Wildman–Crippen MR) is 81.3 cm³/mol. The minimum absolute atomic E-state index is 0.0612. The SMILES string of the molecule is CCN(CC)S(=O)(=O)CCNc1nc2ccccc2[nH]1. The van der Waals surface area contributed by atoms with Crippen LogP contribution < -0.4 is 5.32 Å². The van der Waals surface area contributed by atoms with Crippen LogP contribution in [0.4, 0.5) is 5.95 Å². The number of anilines is 1. The molecule has 0 aliphatic heterocycles. The van der Waals surface area contributed by atoms with E-state index in [2.05, 4.69) is 15.3 Å². The van der Waals surface area contributed by atoms with Crippen LogP contribution in [0, 0.1) is 0 Å². The molecule has 0 amide bonds. The summed E-state index contributed by atoms with van der Waals surface area (Å²) in [6, 6.07) is 7.68. The van der Waals surface area contributed by atoms with E-state index < -0.39 is 10.0 Å². The first-order valence-corrected chi connectivity index (χ1v) is 8.34. The topological polar surface area (TPSA) is 78.1 Å². The summed E-state index contributed by atoms with van der Waals surface area (Å²) in [5.74, 6) is 0.659. The lowest BCUT2D eigenvalue weighted by Crippen LogP contribution is -2.34. The van der Waals surface area contributed by atoms with Gasteiger partial charge in [0.05, 0.1) is 16.8 Å². The molecule has 1 aromatic heterocycles. The van der Waals surface area contributed by atoms with Crippen LogP contribution in [0.25, 0.3) is 11.0 Å². The molecule has 0 unspecified atom stereocenters. The molecule has 20 heavy (non-hydrogen) atoms. The van der Waals surface area contributed by atoms with E-state index in [4.69, 9.17) is 0 Å². The number of fused-ring (bicyclic) bond motifs is 1. The van der Waals surface area contributed by atoms with Crippen LogP contribution in [0.1, 0.15) is 13.8 Å². The Morgan fingerprint density at radius 2 is 1.95 bits per heavy atom. The van der Waals surface area contributed by atoms with E-state index in [9.17, 15) is 8.42 Å². The van der Waals surface area contributed by atoms with E-state index in [0.717, 1.165) is 11.0 Å². The molecule has 0 bridgehead atoms. The van der Waals surface area contributed by atoms with Gasteiger partial charge in [-0.05, 0) is 12.1 Å². The summed E-state index contributed by atoms with van der Waals surface area (Å²) in [7, 11) is -3.19. The minimum atomic E-state index is -3.19. The Labute approximate surface area is 119 Å². The molecule has 110 valence electrons. The van der Waals surface area contributed by atoms with E-state index in [1.807, 2.05) is 38.1 Å². The van der Waals surface area contributed by atoms with Gasteiger partial charge in [-0.25, -0.2) is 17.7 Å². The first-order chi connectivity index (χ1) is 9.56. The molecule has 0 aliphatic carbocycles. The van der Waals surface area contributed by atoms with Gasteiger partial charge in [0.15, 0.2) is 0 Å². The summed E-state index contributed by atoms with van der Waals surface area (Å²) in [5.41, 5.74) is 1.79. The number of imidazole rings is 1. The fraction of sp³-hybridized carbons (Fsp3) is 0.462. The van der Waals surface area contributed by atoms with E-state index in [1.165, 1.54) is 4.31 Å². The number of rotatable bonds is 7. The van der Waals surface area contributed by atoms with Crippen molar-refractivity contribution in [1.82, 2.24) is 14.3 Å². The third-order valence-corrected chi connectivity index (χ3v) is 5.16. The van der Waals surface area contributed by atoms with Crippen molar-refractivity contribution in [1.29, 1.82) is 0 Å². The van der Waals surface area contributed by atoms with Gasteiger partial charge in [-0.2, -0.15) is 0 Å². The maximum atomic E-state index is 12.0. The van der Waals surface area contributed by atoms with E-state index in [1.54, 1.807) is 0 Å². The van der Waals surface area contributed by atoms with Gasteiger partial charge in [-0.1, -0.05) is 26.0 Å². The molecule has 2 N–H and O–H groups in total. The highest BCUT2D eigenvalue weighted by Crippen LogP contribution is 2.13. The van der Waals surface area contributed by atoms with Crippen LogP contribution in [0.2, 0.25) is 0 Å². The lowest BCUT2D eigenvalue weighted by atomic mass is 10.3. The lowest BCUT2D eigenvalue weighted by molar-refractivity contribution is 0.446. The first kappa shape index (κ1) is 14.8. The number of nitrogens with one attached hydrogen (secondary N) is 2. The van der Waals surface area contributed by atoms with Crippen LogP contribution in [-0.2, 0) is 10.0 Å². The molecule has 2 aromatic rings. The number of aromatic amines is 1. The average molecular weight is 296 g/mol. The van der Waals surface area contributed by atoms with Crippen molar-refractivity contribution in [2.24, 2.45) is 0 Å². The van der Waals surface area contributed by atoms with Gasteiger partial charge < -0.3 is 10.3 Å². The van der Waals surface area contributed by atoms with Crippen molar-refractivity contribution >= 4 is 27.0 Å². The molecule has 1 aromatic carbocycles. The number of hydrogen-bond acceptors (Lipinski definition) is 4. The Kier molecular flexibility index (Phi) is 4.61. The molecule has 1 heterocycles. The van der Waals surface area contributed by atoms with Gasteiger partial charge in [-0.3, -0.25) is 0 Å². The third-order valence-electron chi connectivity index (χ3n) is 3.14. The summed E-state index contributed by atoms with van der Waals surface area (Å²) >= 11 is 0. The highest BCUT2D eigenvalue weighted by molar-refractivity contribution is 7.89. The van der Waals surface area contributed by atoms with Gasteiger partial charge in [0, 0.05) is 19.6 Å². The quantitative estimate of drug-likeness (QED) is 0.814. The van der Waals surface area contributed by atoms with Crippen molar-refractivity contribution in [3.63, 3.8) is 0 Å². The maximum absolute atomic E-state index is 12.0. The van der Waals surface area contributed by atoms with E-state index in [-0.39, 0.29) is 5.75 Å². The Morgan fingerprint density at radius 3 is 2.60 bits per heavy atom. The molecule has 7 heteroatoms. The molecule has 0 radical (unpaired) electrons. The summed E-state index contributed by atoms with van der Waals surface area (Å²) in [6.07, 6.45) is 0. The van der Waals surface area contributed by atoms with Gasteiger partial charge in [0.25, 0.3) is 0 Å². The highest BCUT2D eigenvalue weighted by Gasteiger charge is 2.18. The fourth-order valence-electron chi connectivity index (χ4n) is 2.08. The zero-order chi connectivity index (χ0) is 14.6. The summed E-state index contributed by atoms with van der Waals surface area (Å²) in [6.45, 7) is 5.02. The van der Waals surface area contributed by atoms with Gasteiger partial charge >= 0.3 is 0 Å².